The van der Waals surface area contributed by atoms with Crippen LogP contribution in [0.15, 0.2) is 72.8 Å². The Bertz CT molecular complexity index is 1250. The molecule has 0 saturated carbocycles. The number of rotatable bonds is 7. The van der Waals surface area contributed by atoms with Gasteiger partial charge in [-0.2, -0.15) is 0 Å². The van der Waals surface area contributed by atoms with Gasteiger partial charge in [0.05, 0.1) is 6.54 Å². The molecule has 1 fully saturated rings. The minimum absolute atomic E-state index is 0.0886. The second kappa shape index (κ2) is 10.6. The van der Waals surface area contributed by atoms with Crippen molar-refractivity contribution in [2.75, 3.05) is 5.32 Å². The summed E-state index contributed by atoms with van der Waals surface area (Å²) in [6, 6.07) is 21.3. The van der Waals surface area contributed by atoms with E-state index >= 15 is 0 Å². The van der Waals surface area contributed by atoms with E-state index in [2.05, 4.69) is 10.6 Å². The van der Waals surface area contributed by atoms with Crippen molar-refractivity contribution < 1.29 is 19.1 Å². The molecule has 0 aliphatic carbocycles. The third-order valence-electron chi connectivity index (χ3n) is 6.04. The molecule has 186 valence electrons. The average Bonchev–Trinajstić information content (AvgIpc) is 3.16. The van der Waals surface area contributed by atoms with Crippen LogP contribution in [-0.2, 0) is 16.1 Å². The highest BCUT2D eigenvalue weighted by atomic mass is 16.6. The first-order valence-electron chi connectivity index (χ1n) is 12.0. The largest absolute Gasteiger partial charge is 0.438 e. The number of carbonyl (C=O) groups is 3. The summed E-state index contributed by atoms with van der Waals surface area (Å²) in [6.45, 7) is 7.94. The van der Waals surface area contributed by atoms with E-state index in [0.717, 1.165) is 16.7 Å². The normalized spacial score (nSPS) is 17.1. The van der Waals surface area contributed by atoms with Crippen molar-refractivity contribution in [3.05, 3.63) is 101 Å². The molecule has 0 bridgehead atoms. The van der Waals surface area contributed by atoms with Crippen molar-refractivity contribution >= 4 is 23.6 Å². The summed E-state index contributed by atoms with van der Waals surface area (Å²) < 4.78 is 5.71. The number of hydrogen-bond acceptors (Lipinski definition) is 4. The molecule has 2 unspecified atom stereocenters. The van der Waals surface area contributed by atoms with Crippen LogP contribution in [0.2, 0.25) is 0 Å². The van der Waals surface area contributed by atoms with Crippen LogP contribution in [0.4, 0.5) is 10.5 Å². The number of cyclic esters (lactones) is 1. The Morgan fingerprint density at radius 2 is 1.64 bits per heavy atom. The zero-order valence-corrected chi connectivity index (χ0v) is 20.9. The Morgan fingerprint density at radius 1 is 0.944 bits per heavy atom. The maximum absolute atomic E-state index is 13.2. The van der Waals surface area contributed by atoms with Crippen LogP contribution in [-0.4, -0.2) is 34.9 Å². The molecule has 1 aliphatic heterocycles. The summed E-state index contributed by atoms with van der Waals surface area (Å²) in [7, 11) is 0. The van der Waals surface area contributed by atoms with Gasteiger partial charge in [0.2, 0.25) is 5.91 Å². The third kappa shape index (κ3) is 5.74. The van der Waals surface area contributed by atoms with Gasteiger partial charge in [-0.25, -0.2) is 4.79 Å². The molecule has 4 rings (SSSR count). The van der Waals surface area contributed by atoms with Crippen molar-refractivity contribution in [3.8, 4) is 0 Å². The average molecular weight is 486 g/mol. The SMILES string of the molecule is Cc1ccc(CN2C(=O)OC(c3ccc(NC(=O)c4cccc(C)c4)cc3)C2C(=O)NC(C)C)cc1. The lowest BCUT2D eigenvalue weighted by atomic mass is 10.00. The van der Waals surface area contributed by atoms with Gasteiger partial charge in [0.25, 0.3) is 5.91 Å². The Kier molecular flexibility index (Phi) is 7.38. The molecule has 1 saturated heterocycles. The summed E-state index contributed by atoms with van der Waals surface area (Å²) in [6.07, 6.45) is -1.32. The summed E-state index contributed by atoms with van der Waals surface area (Å²) in [5.41, 5.74) is 4.88. The second-order valence-electron chi connectivity index (χ2n) is 9.47. The van der Waals surface area contributed by atoms with Gasteiger partial charge < -0.3 is 15.4 Å². The van der Waals surface area contributed by atoms with E-state index in [0.29, 0.717) is 16.8 Å². The molecule has 2 atom stereocenters. The quantitative estimate of drug-likeness (QED) is 0.485. The Labute approximate surface area is 211 Å². The highest BCUT2D eigenvalue weighted by Crippen LogP contribution is 2.34. The highest BCUT2D eigenvalue weighted by molar-refractivity contribution is 6.04. The van der Waals surface area contributed by atoms with Gasteiger partial charge in [-0.05, 0) is 63.1 Å². The number of nitrogens with zero attached hydrogens (tertiary/aromatic N) is 1. The monoisotopic (exact) mass is 485 g/mol. The molecule has 0 radical (unpaired) electrons. The van der Waals surface area contributed by atoms with E-state index in [-0.39, 0.29) is 24.4 Å². The van der Waals surface area contributed by atoms with Crippen LogP contribution < -0.4 is 10.6 Å². The fourth-order valence-corrected chi connectivity index (χ4v) is 4.22. The number of anilines is 1. The van der Waals surface area contributed by atoms with Crippen LogP contribution in [0, 0.1) is 13.8 Å². The standard InChI is InChI=1S/C29H31N3O4/c1-18(2)30-28(34)25-26(36-29(35)32(25)17-21-10-8-19(3)9-11-21)22-12-14-24(15-13-22)31-27(33)23-7-5-6-20(4)16-23/h5-16,18,25-26H,17H2,1-4H3,(H,30,34)(H,31,33). The van der Waals surface area contributed by atoms with Gasteiger partial charge in [-0.15, -0.1) is 0 Å². The summed E-state index contributed by atoms with van der Waals surface area (Å²) in [4.78, 5) is 40.2. The van der Waals surface area contributed by atoms with Gasteiger partial charge >= 0.3 is 6.09 Å². The number of nitrogens with one attached hydrogen (secondary N) is 2. The number of carbonyl (C=O) groups excluding carboxylic acids is 3. The van der Waals surface area contributed by atoms with Crippen molar-refractivity contribution in [2.45, 2.75) is 52.4 Å². The van der Waals surface area contributed by atoms with Crippen molar-refractivity contribution in [1.82, 2.24) is 10.2 Å². The predicted octanol–water partition coefficient (Wildman–Crippen LogP) is 5.14. The number of aryl methyl sites for hydroxylation is 2. The van der Waals surface area contributed by atoms with E-state index in [9.17, 15) is 14.4 Å². The molecule has 2 N–H and O–H groups in total. The van der Waals surface area contributed by atoms with E-state index in [4.69, 9.17) is 4.74 Å². The minimum atomic E-state index is -0.825. The molecule has 3 aromatic carbocycles. The molecular weight excluding hydrogens is 454 g/mol. The van der Waals surface area contributed by atoms with E-state index in [1.807, 2.05) is 70.2 Å². The number of amides is 3. The molecule has 0 aromatic heterocycles. The first-order chi connectivity index (χ1) is 17.2. The van der Waals surface area contributed by atoms with Crippen molar-refractivity contribution in [2.24, 2.45) is 0 Å². The first kappa shape index (κ1) is 25.0. The van der Waals surface area contributed by atoms with Crippen molar-refractivity contribution in [3.63, 3.8) is 0 Å². The molecule has 7 nitrogen and oxygen atoms in total. The van der Waals surface area contributed by atoms with E-state index in [1.165, 1.54) is 4.90 Å². The Hall–Kier alpha value is -4.13. The van der Waals surface area contributed by atoms with Crippen LogP contribution in [0.3, 0.4) is 0 Å². The second-order valence-corrected chi connectivity index (χ2v) is 9.47. The molecule has 7 heteroatoms. The lowest BCUT2D eigenvalue weighted by Crippen LogP contribution is -2.48. The fourth-order valence-electron chi connectivity index (χ4n) is 4.22. The molecule has 0 spiro atoms. The smallest absolute Gasteiger partial charge is 0.411 e. The third-order valence-corrected chi connectivity index (χ3v) is 6.04. The molecule has 1 aliphatic rings. The Morgan fingerprint density at radius 3 is 2.28 bits per heavy atom. The summed E-state index contributed by atoms with van der Waals surface area (Å²) in [5.74, 6) is -0.484. The van der Waals surface area contributed by atoms with Gasteiger partial charge in [-0.1, -0.05) is 59.7 Å². The van der Waals surface area contributed by atoms with Crippen molar-refractivity contribution in [1.29, 1.82) is 0 Å². The summed E-state index contributed by atoms with van der Waals surface area (Å²) >= 11 is 0. The maximum atomic E-state index is 13.2. The minimum Gasteiger partial charge on any atom is -0.438 e. The lowest BCUT2D eigenvalue weighted by Gasteiger charge is -2.25. The topological polar surface area (TPSA) is 87.7 Å². The fraction of sp³-hybridized carbons (Fsp3) is 0.276. The number of hydrogen-bond donors (Lipinski definition) is 2. The van der Waals surface area contributed by atoms with Gasteiger partial charge in [-0.3, -0.25) is 14.5 Å². The Balaban J connectivity index is 1.55. The summed E-state index contributed by atoms with van der Waals surface area (Å²) in [5, 5.41) is 5.80. The first-order valence-corrected chi connectivity index (χ1v) is 12.0. The van der Waals surface area contributed by atoms with Crippen LogP contribution in [0.25, 0.3) is 0 Å². The molecule has 3 amide bonds. The highest BCUT2D eigenvalue weighted by Gasteiger charge is 2.47. The molecular formula is C29H31N3O4. The lowest BCUT2D eigenvalue weighted by molar-refractivity contribution is -0.126. The van der Waals surface area contributed by atoms with E-state index in [1.54, 1.807) is 30.3 Å². The van der Waals surface area contributed by atoms with Gasteiger partial charge in [0.1, 0.15) is 0 Å². The van der Waals surface area contributed by atoms with E-state index < -0.39 is 18.2 Å². The van der Waals surface area contributed by atoms with Gasteiger partial charge in [0, 0.05) is 17.3 Å². The van der Waals surface area contributed by atoms with Gasteiger partial charge in [0.15, 0.2) is 12.1 Å². The maximum Gasteiger partial charge on any atom is 0.411 e. The zero-order chi connectivity index (χ0) is 25.8. The molecule has 1 heterocycles. The zero-order valence-electron chi connectivity index (χ0n) is 20.9. The van der Waals surface area contributed by atoms with Crippen LogP contribution in [0.1, 0.15) is 52.6 Å². The van der Waals surface area contributed by atoms with Crippen LogP contribution in [0.5, 0.6) is 0 Å². The van der Waals surface area contributed by atoms with Crippen LogP contribution >= 0.6 is 0 Å². The molecule has 36 heavy (non-hydrogen) atoms. The number of benzene rings is 3. The molecule has 3 aromatic rings. The number of ether oxygens (including phenoxy) is 1. The predicted molar refractivity (Wildman–Crippen MR) is 139 cm³/mol.